The highest BCUT2D eigenvalue weighted by atomic mass is 35.5. The topological polar surface area (TPSA) is 191 Å². The number of carbonyl (C=O) groups excluding carboxylic acids is 3. The van der Waals surface area contributed by atoms with E-state index in [1.165, 1.54) is 46.9 Å². The predicted octanol–water partition coefficient (Wildman–Crippen LogP) is 22.8. The van der Waals surface area contributed by atoms with Crippen molar-refractivity contribution in [2.75, 3.05) is 13.2 Å². The number of aryl methyl sites for hydroxylation is 4. The molecule has 0 saturated carbocycles. The van der Waals surface area contributed by atoms with Gasteiger partial charge in [0.2, 0.25) is 5.56 Å². The molecule has 7 heterocycles. The minimum atomic E-state index is -2.69. The molecule has 3 atom stereocenters. The monoisotopic (exact) mass is 1570 g/mol. The Morgan fingerprint density at radius 3 is 1.52 bits per heavy atom. The standard InChI is InChI=1S/C39H38ClNO3.C29H28F2N2O3.C28H28N2O4.CH4/c1-24-23-34-33(37(26-16-18-27(40)19-17-26)36(24)38(25(2)42)44-39(3,4)5)20-21-35(43)41(34)22-10-15-32-30-13-8-6-11-28(30)29-12-7-9-14-31(29)32;1-15-14-21-18(6-8-20(33-21)28(30)31)25(23(15)27(16(2)34)36-29(3,4)5)19-7-9-22-24-17(11-13-35-22)10-12-32-26(19)24;1-15-14-20-18(7-9-22(32)30-20)25(23(15)27(16(2)31)34-28(3,4)5)19-6-8-21-24-17(11-13-33-21)10-12-29-26(19)24;/h6-9,11-14,16-21,23,32,38H,10,15,22H2,1-5H3;6-10,12,14,27-28H,11,13H2,1-5H3;6-10,12,14,27H,11,13H2,1-5H3,(H,30,32);1H4/t38-;2*27-;/m111./s1. The Morgan fingerprint density at radius 2 is 1.02 bits per heavy atom. The third kappa shape index (κ3) is 16.7. The molecule has 0 amide bonds. The second-order valence-electron chi connectivity index (χ2n) is 32.9. The number of H-pyrrole nitrogens is 1. The largest absolute Gasteiger partial charge is 0.493 e. The van der Waals surface area contributed by atoms with E-state index in [4.69, 9.17) is 45.3 Å². The van der Waals surface area contributed by atoms with Crippen molar-refractivity contribution >= 4 is 83.5 Å². The van der Waals surface area contributed by atoms with Gasteiger partial charge in [-0.15, -0.1) is 0 Å². The van der Waals surface area contributed by atoms with Crippen molar-refractivity contribution in [1.29, 1.82) is 0 Å². The first-order chi connectivity index (χ1) is 54.2. The number of ketones is 3. The summed E-state index contributed by atoms with van der Waals surface area (Å²) in [6.45, 7) is 29.7. The fraction of sp³-hybridized carbons (Fsp3) is 0.320. The van der Waals surface area contributed by atoms with Gasteiger partial charge in [-0.1, -0.05) is 85.8 Å². The summed E-state index contributed by atoms with van der Waals surface area (Å²) in [5, 5.41) is 4.95. The van der Waals surface area contributed by atoms with E-state index >= 15 is 0 Å². The normalized spacial score (nSPS) is 13.9. The number of hydrogen-bond donors (Lipinski definition) is 1. The van der Waals surface area contributed by atoms with Gasteiger partial charge in [-0.2, -0.15) is 0 Å². The minimum absolute atomic E-state index is 0. The van der Waals surface area contributed by atoms with E-state index in [1.54, 1.807) is 38.2 Å². The molecule has 2 aliphatic heterocycles. The molecule has 0 saturated heterocycles. The first kappa shape index (κ1) is 82.0. The molecule has 115 heavy (non-hydrogen) atoms. The smallest absolute Gasteiger partial charge is 0.280 e. The Hall–Kier alpha value is -11.0. The third-order valence-electron chi connectivity index (χ3n) is 21.3. The predicted molar refractivity (Wildman–Crippen MR) is 456 cm³/mol. The Bertz CT molecular complexity index is 6060. The fourth-order valence-electron chi connectivity index (χ4n) is 16.7. The average Bonchev–Trinajstić information content (AvgIpc) is 1.38. The van der Waals surface area contributed by atoms with Crippen LogP contribution in [0.1, 0.15) is 195 Å². The van der Waals surface area contributed by atoms with Crippen molar-refractivity contribution in [3.63, 3.8) is 0 Å². The van der Waals surface area contributed by atoms with Crippen molar-refractivity contribution in [1.82, 2.24) is 24.5 Å². The van der Waals surface area contributed by atoms with Gasteiger partial charge in [0.1, 0.15) is 35.5 Å². The zero-order valence-electron chi connectivity index (χ0n) is 67.1. The number of nitrogens with zero attached hydrogens (tertiary/aromatic N) is 4. The van der Waals surface area contributed by atoms with Crippen LogP contribution >= 0.6 is 11.6 Å². The van der Waals surface area contributed by atoms with Crippen LogP contribution in [-0.4, -0.2) is 71.9 Å². The molecule has 0 radical (unpaired) electrons. The molecule has 592 valence electrons. The highest BCUT2D eigenvalue weighted by Crippen LogP contribution is 2.50. The number of benzene rings is 8. The molecule has 5 aromatic heterocycles. The van der Waals surface area contributed by atoms with E-state index in [0.717, 1.165) is 136 Å². The van der Waals surface area contributed by atoms with E-state index in [2.05, 4.69) is 58.5 Å². The van der Waals surface area contributed by atoms with E-state index in [-0.39, 0.29) is 41.6 Å². The summed E-state index contributed by atoms with van der Waals surface area (Å²) in [7, 11) is 0. The van der Waals surface area contributed by atoms with Crippen molar-refractivity contribution < 1.29 is 46.8 Å². The number of hydrogen-bond acceptors (Lipinski definition) is 13. The van der Waals surface area contributed by atoms with Crippen LogP contribution in [0, 0.1) is 20.8 Å². The minimum Gasteiger partial charge on any atom is -0.493 e. The van der Waals surface area contributed by atoms with Crippen LogP contribution in [-0.2, 0) is 48.0 Å². The van der Waals surface area contributed by atoms with E-state index in [9.17, 15) is 32.8 Å². The van der Waals surface area contributed by atoms with Crippen molar-refractivity contribution in [2.45, 2.75) is 191 Å². The van der Waals surface area contributed by atoms with Crippen LogP contribution in [0.25, 0.3) is 99.0 Å². The van der Waals surface area contributed by atoms with Gasteiger partial charge in [0.05, 0.1) is 52.1 Å². The second kappa shape index (κ2) is 32.7. The van der Waals surface area contributed by atoms with Crippen molar-refractivity contribution in [3.05, 3.63) is 263 Å². The summed E-state index contributed by atoms with van der Waals surface area (Å²) in [6.07, 6.45) is 1.87. The van der Waals surface area contributed by atoms with Crippen molar-refractivity contribution in [3.8, 4) is 56.0 Å². The molecule has 13 aromatic rings. The van der Waals surface area contributed by atoms with Crippen LogP contribution < -0.4 is 20.6 Å². The average molecular weight is 1570 g/mol. The molecular formula is C97H98ClF2N5O10. The summed E-state index contributed by atoms with van der Waals surface area (Å²) in [5.74, 6) is 1.58. The van der Waals surface area contributed by atoms with Gasteiger partial charge in [-0.3, -0.25) is 33.9 Å². The lowest BCUT2D eigenvalue weighted by Gasteiger charge is -2.30. The Balaban J connectivity index is 0.000000151. The maximum absolute atomic E-state index is 13.5. The van der Waals surface area contributed by atoms with Crippen molar-refractivity contribution in [2.24, 2.45) is 0 Å². The number of fused-ring (bicyclic) bond motifs is 6. The number of aromatic nitrogens is 5. The molecule has 1 aliphatic carbocycles. The summed E-state index contributed by atoms with van der Waals surface area (Å²) in [5.41, 5.74) is 18.9. The third-order valence-corrected chi connectivity index (χ3v) is 21.5. The second-order valence-corrected chi connectivity index (χ2v) is 33.4. The molecule has 0 unspecified atom stereocenters. The lowest BCUT2D eigenvalue weighted by molar-refractivity contribution is -0.139. The fourth-order valence-corrected chi connectivity index (χ4v) is 16.8. The number of rotatable bonds is 17. The SMILES string of the molecule is C.CC(=O)[C@@H](OC(C)(C)C)c1c(C)cc2[nH]c(=O)ccc2c1-c1ccc2c3c(ccnc13)CCO2.CC(=O)[C@@H](OC(C)(C)C)c1c(C)cc2c(ccc(=O)n2CCCC2c3ccccc3-c3ccccc32)c1-c1ccc(Cl)cc1.CC(=O)[C@@H](OC(C)(C)C)c1c(C)cc2nc(C(F)F)ccc2c1-c1ccc2c3c(ccnc13)CCO2. The van der Waals surface area contributed by atoms with Crippen LogP contribution in [0.2, 0.25) is 5.02 Å². The zero-order chi connectivity index (χ0) is 81.1. The van der Waals surface area contributed by atoms with E-state index < -0.39 is 41.5 Å². The Morgan fingerprint density at radius 1 is 0.548 bits per heavy atom. The van der Waals surface area contributed by atoms with E-state index in [0.29, 0.717) is 58.2 Å². The Labute approximate surface area is 674 Å². The van der Waals surface area contributed by atoms with E-state index in [1.807, 2.05) is 179 Å². The van der Waals surface area contributed by atoms with Crippen LogP contribution in [0.4, 0.5) is 8.78 Å². The first-order valence-electron chi connectivity index (χ1n) is 38.8. The van der Waals surface area contributed by atoms with Gasteiger partial charge in [-0.05, 0) is 291 Å². The van der Waals surface area contributed by atoms with Gasteiger partial charge in [-0.25, -0.2) is 13.8 Å². The first-order valence-corrected chi connectivity index (χ1v) is 39.2. The summed E-state index contributed by atoms with van der Waals surface area (Å²) in [4.78, 5) is 81.3. The highest BCUT2D eigenvalue weighted by Gasteiger charge is 2.36. The molecule has 0 bridgehead atoms. The number of ether oxygens (including phenoxy) is 5. The summed E-state index contributed by atoms with van der Waals surface area (Å²) in [6, 6.07) is 52.4. The summed E-state index contributed by atoms with van der Waals surface area (Å²) < 4.78 is 59.8. The van der Waals surface area contributed by atoms with Gasteiger partial charge in [0.25, 0.3) is 12.0 Å². The van der Waals surface area contributed by atoms with Crippen LogP contribution in [0.15, 0.2) is 186 Å². The quantitative estimate of drug-likeness (QED) is 0.0907. The molecule has 18 heteroatoms. The van der Waals surface area contributed by atoms with Crippen LogP contribution in [0.5, 0.6) is 11.5 Å². The highest BCUT2D eigenvalue weighted by molar-refractivity contribution is 6.30. The molecule has 0 fully saturated rings. The number of pyridine rings is 5. The molecule has 15 nitrogen and oxygen atoms in total. The summed E-state index contributed by atoms with van der Waals surface area (Å²) >= 11 is 6.28. The van der Waals surface area contributed by atoms with Crippen LogP contribution in [0.3, 0.4) is 0 Å². The molecule has 1 N–H and O–H groups in total. The molecule has 3 aliphatic rings. The maximum Gasteiger partial charge on any atom is 0.280 e. The maximum atomic E-state index is 13.5. The number of carbonyl (C=O) groups is 3. The molecular weight excluding hydrogens is 1470 g/mol. The number of Topliss-reactive ketones (excluding diaryl/α,β-unsaturated/α-hetero) is 3. The molecule has 16 rings (SSSR count). The number of nitrogens with one attached hydrogen (secondary N) is 1. The molecule has 0 spiro atoms. The Kier molecular flexibility index (Phi) is 23.4. The molecule has 8 aromatic carbocycles. The number of alkyl halides is 2. The van der Waals surface area contributed by atoms with Gasteiger partial charge in [0, 0.05) is 98.4 Å². The lowest BCUT2D eigenvalue weighted by Crippen LogP contribution is -2.27. The lowest BCUT2D eigenvalue weighted by atomic mass is 9.85. The van der Waals surface area contributed by atoms with Gasteiger partial charge < -0.3 is 33.2 Å². The van der Waals surface area contributed by atoms with Gasteiger partial charge >= 0.3 is 0 Å². The number of halogens is 3. The van der Waals surface area contributed by atoms with Gasteiger partial charge in [0.15, 0.2) is 17.3 Å². The number of aromatic amines is 1. The zero-order valence-corrected chi connectivity index (χ0v) is 67.8.